The van der Waals surface area contributed by atoms with Crippen LogP contribution in [0.4, 0.5) is 0 Å². The Morgan fingerprint density at radius 2 is 2.21 bits per heavy atom. The summed E-state index contributed by atoms with van der Waals surface area (Å²) in [4.78, 5) is 11.2. The van der Waals surface area contributed by atoms with Gasteiger partial charge in [0.05, 0.1) is 6.10 Å². The molecule has 1 aromatic heterocycles. The Balaban J connectivity index is 2.34. The average Bonchev–Trinajstić information content (AvgIpc) is 2.72. The average molecular weight is 287 g/mol. The van der Waals surface area contributed by atoms with Crippen LogP contribution in [0.5, 0.6) is 0 Å². The Morgan fingerprint density at radius 3 is 2.74 bits per heavy atom. The zero-order chi connectivity index (χ0) is 14.2. The van der Waals surface area contributed by atoms with Gasteiger partial charge in [-0.25, -0.2) is 8.42 Å². The van der Waals surface area contributed by atoms with E-state index in [0.717, 1.165) is 0 Å². The molecule has 0 aromatic carbocycles. The highest BCUT2D eigenvalue weighted by Crippen LogP contribution is 2.22. The van der Waals surface area contributed by atoms with Gasteiger partial charge in [-0.15, -0.1) is 0 Å². The van der Waals surface area contributed by atoms with Crippen molar-refractivity contribution in [3.05, 3.63) is 18.0 Å². The van der Waals surface area contributed by atoms with E-state index in [1.165, 1.54) is 21.1 Å². The molecule has 0 bridgehead atoms. The summed E-state index contributed by atoms with van der Waals surface area (Å²) in [6.07, 6.45) is 1.95. The predicted octanol–water partition coefficient (Wildman–Crippen LogP) is -0.731. The van der Waals surface area contributed by atoms with Crippen LogP contribution in [0.1, 0.15) is 23.3 Å². The molecule has 0 unspecified atom stereocenters. The Hall–Kier alpha value is -1.38. The second kappa shape index (κ2) is 4.95. The lowest BCUT2D eigenvalue weighted by molar-refractivity contribution is 0.0992. The lowest BCUT2D eigenvalue weighted by Crippen LogP contribution is -2.41. The van der Waals surface area contributed by atoms with Crippen molar-refractivity contribution in [2.75, 3.05) is 13.1 Å². The molecule has 3 N–H and O–H groups in total. The third-order valence-corrected chi connectivity index (χ3v) is 5.06. The fraction of sp³-hybridized carbons (Fsp3) is 0.545. The zero-order valence-electron chi connectivity index (χ0n) is 10.6. The fourth-order valence-corrected chi connectivity index (χ4v) is 3.80. The van der Waals surface area contributed by atoms with E-state index in [2.05, 4.69) is 0 Å². The van der Waals surface area contributed by atoms with Gasteiger partial charge in [-0.1, -0.05) is 0 Å². The first-order valence-electron chi connectivity index (χ1n) is 5.97. The highest BCUT2D eigenvalue weighted by molar-refractivity contribution is 7.89. The van der Waals surface area contributed by atoms with Gasteiger partial charge in [-0.3, -0.25) is 4.79 Å². The second-order valence-corrected chi connectivity index (χ2v) is 6.63. The Morgan fingerprint density at radius 1 is 1.53 bits per heavy atom. The predicted molar refractivity (Wildman–Crippen MR) is 67.9 cm³/mol. The molecule has 7 nitrogen and oxygen atoms in total. The number of rotatable bonds is 3. The van der Waals surface area contributed by atoms with Crippen molar-refractivity contribution in [3.8, 4) is 0 Å². The monoisotopic (exact) mass is 287 g/mol. The van der Waals surface area contributed by atoms with Crippen molar-refractivity contribution in [2.45, 2.75) is 23.8 Å². The number of carbonyl (C=O) groups is 1. The Kier molecular flexibility index (Phi) is 3.66. The number of primary amides is 1. The number of hydrogen-bond donors (Lipinski definition) is 2. The maximum absolute atomic E-state index is 12.4. The van der Waals surface area contributed by atoms with Crippen molar-refractivity contribution >= 4 is 15.9 Å². The van der Waals surface area contributed by atoms with Crippen LogP contribution in [0.25, 0.3) is 0 Å². The number of aromatic nitrogens is 1. The largest absolute Gasteiger partial charge is 0.392 e. The van der Waals surface area contributed by atoms with Crippen molar-refractivity contribution in [3.63, 3.8) is 0 Å². The molecule has 0 radical (unpaired) electrons. The summed E-state index contributed by atoms with van der Waals surface area (Å²) in [5.74, 6) is -0.678. The number of aliphatic hydroxyl groups excluding tert-OH is 1. The van der Waals surface area contributed by atoms with E-state index in [-0.39, 0.29) is 17.1 Å². The molecule has 0 aliphatic carbocycles. The highest BCUT2D eigenvalue weighted by atomic mass is 32.2. The molecule has 8 heteroatoms. The number of nitrogens with zero attached hydrogens (tertiary/aromatic N) is 2. The number of nitrogens with two attached hydrogens (primary N) is 1. The van der Waals surface area contributed by atoms with Crippen LogP contribution in [-0.2, 0) is 17.1 Å². The van der Waals surface area contributed by atoms with E-state index in [1.54, 1.807) is 7.05 Å². The molecular formula is C11H17N3O4S. The fourth-order valence-electron chi connectivity index (χ4n) is 2.21. The number of amides is 1. The first-order chi connectivity index (χ1) is 8.82. The van der Waals surface area contributed by atoms with Gasteiger partial charge in [0.15, 0.2) is 0 Å². The van der Waals surface area contributed by atoms with Crippen LogP contribution >= 0.6 is 0 Å². The summed E-state index contributed by atoms with van der Waals surface area (Å²) in [6, 6.07) is 1.26. The minimum absolute atomic E-state index is 0.0258. The van der Waals surface area contributed by atoms with Crippen LogP contribution in [-0.4, -0.2) is 47.5 Å². The first kappa shape index (κ1) is 14.0. The molecule has 1 fully saturated rings. The molecule has 1 atom stereocenters. The van der Waals surface area contributed by atoms with E-state index in [4.69, 9.17) is 5.73 Å². The molecule has 106 valence electrons. The van der Waals surface area contributed by atoms with Crippen LogP contribution in [0.15, 0.2) is 17.2 Å². The van der Waals surface area contributed by atoms with Gasteiger partial charge in [-0.05, 0) is 18.9 Å². The van der Waals surface area contributed by atoms with E-state index in [0.29, 0.717) is 19.4 Å². The first-order valence-corrected chi connectivity index (χ1v) is 7.41. The van der Waals surface area contributed by atoms with E-state index < -0.39 is 22.0 Å². The van der Waals surface area contributed by atoms with Crippen molar-refractivity contribution in [1.29, 1.82) is 0 Å². The zero-order valence-corrected chi connectivity index (χ0v) is 11.4. The Labute approximate surface area is 111 Å². The van der Waals surface area contributed by atoms with Gasteiger partial charge in [0.25, 0.3) is 5.91 Å². The molecule has 0 saturated carbocycles. The van der Waals surface area contributed by atoms with Crippen LogP contribution < -0.4 is 5.73 Å². The summed E-state index contributed by atoms with van der Waals surface area (Å²) in [5, 5.41) is 9.55. The van der Waals surface area contributed by atoms with E-state index in [9.17, 15) is 18.3 Å². The highest BCUT2D eigenvalue weighted by Gasteiger charge is 2.30. The number of piperidine rings is 1. The van der Waals surface area contributed by atoms with Gasteiger partial charge >= 0.3 is 0 Å². The van der Waals surface area contributed by atoms with Crippen molar-refractivity contribution < 1.29 is 18.3 Å². The smallest absolute Gasteiger partial charge is 0.265 e. The molecule has 1 saturated heterocycles. The number of hydrogen-bond acceptors (Lipinski definition) is 4. The topological polar surface area (TPSA) is 106 Å². The molecule has 1 aliphatic rings. The summed E-state index contributed by atoms with van der Waals surface area (Å²) in [6.45, 7) is 0.462. The third kappa shape index (κ3) is 2.65. The minimum atomic E-state index is -3.69. The number of aryl methyl sites for hydroxylation is 1. The molecule has 19 heavy (non-hydrogen) atoms. The number of aliphatic hydroxyl groups is 1. The van der Waals surface area contributed by atoms with E-state index in [1.807, 2.05) is 0 Å². The van der Waals surface area contributed by atoms with Crippen LogP contribution in [0, 0.1) is 0 Å². The SMILES string of the molecule is Cn1cc(S(=O)(=O)N2CCC[C@H](O)C2)cc1C(N)=O. The normalized spacial score (nSPS) is 21.5. The molecule has 1 amide bonds. The van der Waals surface area contributed by atoms with Crippen LogP contribution in [0.3, 0.4) is 0 Å². The summed E-state index contributed by atoms with van der Waals surface area (Å²) in [5.41, 5.74) is 5.30. The lowest BCUT2D eigenvalue weighted by atomic mass is 10.1. The van der Waals surface area contributed by atoms with Gasteiger partial charge in [-0.2, -0.15) is 4.31 Å². The summed E-state index contributed by atoms with van der Waals surface area (Å²) in [7, 11) is -2.13. The molecule has 0 spiro atoms. The maximum Gasteiger partial charge on any atom is 0.265 e. The molecule has 2 rings (SSSR count). The second-order valence-electron chi connectivity index (χ2n) is 4.70. The lowest BCUT2D eigenvalue weighted by Gasteiger charge is -2.28. The summed E-state index contributed by atoms with van der Waals surface area (Å²) >= 11 is 0. The molecule has 1 aliphatic heterocycles. The van der Waals surface area contributed by atoms with Gasteiger partial charge in [0, 0.05) is 26.3 Å². The number of β-amino-alcohol motifs (C(OH)–C–C–N with tert-alkyl or cyclic N) is 1. The number of carbonyl (C=O) groups excluding carboxylic acids is 1. The van der Waals surface area contributed by atoms with E-state index >= 15 is 0 Å². The number of sulfonamides is 1. The van der Waals surface area contributed by atoms with Crippen molar-refractivity contribution in [1.82, 2.24) is 8.87 Å². The Bertz CT molecular complexity index is 593. The van der Waals surface area contributed by atoms with Gasteiger partial charge in [0.1, 0.15) is 10.6 Å². The van der Waals surface area contributed by atoms with Crippen molar-refractivity contribution in [2.24, 2.45) is 12.8 Å². The van der Waals surface area contributed by atoms with Gasteiger partial charge in [0.2, 0.25) is 10.0 Å². The molecule has 1 aromatic rings. The molecular weight excluding hydrogens is 270 g/mol. The summed E-state index contributed by atoms with van der Waals surface area (Å²) < 4.78 is 27.4. The third-order valence-electron chi connectivity index (χ3n) is 3.23. The standard InChI is InChI=1S/C11H17N3O4S/c1-13-7-9(5-10(13)11(12)16)19(17,18)14-4-2-3-8(15)6-14/h5,7-8,15H,2-4,6H2,1H3,(H2,12,16)/t8-/m0/s1. The quantitative estimate of drug-likeness (QED) is 0.764. The maximum atomic E-state index is 12.4. The van der Waals surface area contributed by atoms with Gasteiger partial charge < -0.3 is 15.4 Å². The molecule has 2 heterocycles. The minimum Gasteiger partial charge on any atom is -0.392 e. The van der Waals surface area contributed by atoms with Crippen LogP contribution in [0.2, 0.25) is 0 Å².